The Balaban J connectivity index is 1.89. The molecule has 0 spiro atoms. The number of aliphatic hydroxyl groups excluding tert-OH is 1. The van der Waals surface area contributed by atoms with Crippen LogP contribution in [0.3, 0.4) is 0 Å². The number of benzene rings is 2. The summed E-state index contributed by atoms with van der Waals surface area (Å²) in [6, 6.07) is 6.57. The van der Waals surface area contributed by atoms with Gasteiger partial charge in [-0.3, -0.25) is 4.90 Å². The molecule has 0 radical (unpaired) electrons. The lowest BCUT2D eigenvalue weighted by Crippen LogP contribution is -2.34. The van der Waals surface area contributed by atoms with Crippen LogP contribution in [0.15, 0.2) is 34.1 Å². The van der Waals surface area contributed by atoms with Crippen LogP contribution in [0.4, 0.5) is 11.4 Å². The Bertz CT molecular complexity index is 1060. The second-order valence-electron chi connectivity index (χ2n) is 7.58. The van der Waals surface area contributed by atoms with Gasteiger partial charge < -0.3 is 26.0 Å². The highest BCUT2D eigenvalue weighted by molar-refractivity contribution is 7.94. The van der Waals surface area contributed by atoms with E-state index in [1.54, 1.807) is 30.0 Å². The van der Waals surface area contributed by atoms with Crippen LogP contribution < -0.4 is 20.9 Å². The minimum Gasteiger partial charge on any atom is -0.495 e. The van der Waals surface area contributed by atoms with Crippen molar-refractivity contribution in [3.8, 4) is 11.5 Å². The molecule has 0 aromatic heterocycles. The molecule has 0 aliphatic heterocycles. The summed E-state index contributed by atoms with van der Waals surface area (Å²) in [4.78, 5) is 7.99. The topological polar surface area (TPSA) is 147 Å². The Hall–Kier alpha value is -2.22. The van der Waals surface area contributed by atoms with Crippen LogP contribution in [-0.2, 0) is 19.1 Å². The zero-order valence-electron chi connectivity index (χ0n) is 19.9. The maximum Gasteiger partial charge on any atom is 0.180 e. The fraction of sp³-hybridized carbons (Fsp3) is 0.455. The molecule has 0 saturated heterocycles. The molecule has 0 heterocycles. The summed E-state index contributed by atoms with van der Waals surface area (Å²) in [6.45, 7) is 4.51. The fourth-order valence-electron chi connectivity index (χ4n) is 3.26. The molecule has 2 aromatic carbocycles. The molecular formula is C22H33N3O7S2. The minimum absolute atomic E-state index is 0.116. The van der Waals surface area contributed by atoms with Gasteiger partial charge in [-0.15, -0.1) is 0 Å². The van der Waals surface area contributed by atoms with Crippen LogP contribution in [0.5, 0.6) is 11.5 Å². The quantitative estimate of drug-likeness (QED) is 0.112. The van der Waals surface area contributed by atoms with Crippen LogP contribution in [0, 0.1) is 13.8 Å². The van der Waals surface area contributed by atoms with Gasteiger partial charge in [-0.05, 0) is 43.2 Å². The first kappa shape index (κ1) is 28.0. The van der Waals surface area contributed by atoms with E-state index in [4.69, 9.17) is 30.2 Å². The number of ether oxygens (including phenoxy) is 2. The minimum atomic E-state index is -3.60. The number of hydrogen-bond acceptors (Lipinski definition) is 11. The molecular weight excluding hydrogens is 482 g/mol. The average Bonchev–Trinajstić information content (AvgIpc) is 2.78. The van der Waals surface area contributed by atoms with Gasteiger partial charge in [-0.1, -0.05) is 0 Å². The summed E-state index contributed by atoms with van der Waals surface area (Å²) < 4.78 is 41.4. The van der Waals surface area contributed by atoms with Gasteiger partial charge in [0.25, 0.3) is 0 Å². The molecule has 12 heteroatoms. The Morgan fingerprint density at radius 3 is 2.18 bits per heavy atom. The van der Waals surface area contributed by atoms with Gasteiger partial charge in [-0.2, -0.15) is 4.33 Å². The van der Waals surface area contributed by atoms with Crippen molar-refractivity contribution in [3.63, 3.8) is 0 Å². The highest BCUT2D eigenvalue weighted by Gasteiger charge is 2.21. The van der Waals surface area contributed by atoms with Crippen LogP contribution >= 0.6 is 12.0 Å². The first-order valence-electron chi connectivity index (χ1n) is 10.5. The van der Waals surface area contributed by atoms with Gasteiger partial charge in [0.05, 0.1) is 61.5 Å². The van der Waals surface area contributed by atoms with E-state index in [9.17, 15) is 13.5 Å². The fourth-order valence-corrected chi connectivity index (χ4v) is 5.35. The molecule has 5 N–H and O–H groups in total. The largest absolute Gasteiger partial charge is 0.495 e. The predicted octanol–water partition coefficient (Wildman–Crippen LogP) is 2.21. The summed E-state index contributed by atoms with van der Waals surface area (Å²) in [5.41, 5.74) is 14.1. The molecule has 0 saturated carbocycles. The van der Waals surface area contributed by atoms with Gasteiger partial charge in [-0.25, -0.2) is 13.3 Å². The van der Waals surface area contributed by atoms with Crippen LogP contribution in [-0.4, -0.2) is 71.2 Å². The molecule has 0 atom stereocenters. The van der Waals surface area contributed by atoms with Gasteiger partial charge in [0.15, 0.2) is 9.84 Å². The number of nitrogen functional groups attached to an aromatic ring is 2. The predicted molar refractivity (Wildman–Crippen MR) is 133 cm³/mol. The molecule has 2 rings (SSSR count). The number of aliphatic hydroxyl groups is 1. The molecule has 190 valence electrons. The van der Waals surface area contributed by atoms with Crippen molar-refractivity contribution >= 4 is 33.3 Å². The molecule has 0 aliphatic carbocycles. The highest BCUT2D eigenvalue weighted by atomic mass is 32.2. The van der Waals surface area contributed by atoms with Crippen molar-refractivity contribution in [1.82, 2.24) is 4.90 Å². The summed E-state index contributed by atoms with van der Waals surface area (Å²) in [5.74, 6) is 0.718. The molecule has 10 nitrogen and oxygen atoms in total. The number of hydrogen-bond donors (Lipinski definition) is 3. The maximum absolute atomic E-state index is 12.9. The van der Waals surface area contributed by atoms with Crippen molar-refractivity contribution in [3.05, 3.63) is 35.4 Å². The highest BCUT2D eigenvalue weighted by Crippen LogP contribution is 2.32. The number of nitrogens with zero attached hydrogens (tertiary/aromatic N) is 1. The molecule has 2 aromatic rings. The third-order valence-electron chi connectivity index (χ3n) is 5.14. The van der Waals surface area contributed by atoms with Gasteiger partial charge in [0, 0.05) is 30.6 Å². The van der Waals surface area contributed by atoms with Gasteiger partial charge in [0.1, 0.15) is 11.5 Å². The Morgan fingerprint density at radius 1 is 0.941 bits per heavy atom. The standard InChI is InChI=1S/C22H33N3O7S2/c1-15-11-17(23)19(29-3)13-21(15)33-32-31-9-6-25(5-8-26)7-10-34(27,28)22-14-20(30-4)18(24)12-16(22)2/h11-14,26H,5-10,23-24H2,1-4H3. The lowest BCUT2D eigenvalue weighted by Gasteiger charge is -2.21. The second kappa shape index (κ2) is 13.0. The number of sulfone groups is 1. The van der Waals surface area contributed by atoms with E-state index in [1.165, 1.54) is 20.3 Å². The lowest BCUT2D eigenvalue weighted by molar-refractivity contribution is -0.193. The second-order valence-corrected chi connectivity index (χ2v) is 10.4. The zero-order valence-corrected chi connectivity index (χ0v) is 21.5. The van der Waals surface area contributed by atoms with Crippen molar-refractivity contribution < 1.29 is 32.2 Å². The normalized spacial score (nSPS) is 11.7. The van der Waals surface area contributed by atoms with Crippen molar-refractivity contribution in [2.24, 2.45) is 0 Å². The summed E-state index contributed by atoms with van der Waals surface area (Å²) in [6.07, 6.45) is 0. The first-order chi connectivity index (χ1) is 16.1. The number of aryl methyl sites for hydroxylation is 2. The zero-order chi connectivity index (χ0) is 25.3. The van der Waals surface area contributed by atoms with Crippen LogP contribution in [0.25, 0.3) is 0 Å². The average molecular weight is 516 g/mol. The number of anilines is 2. The van der Waals surface area contributed by atoms with Crippen molar-refractivity contribution in [2.75, 3.05) is 64.3 Å². The molecule has 0 fully saturated rings. The molecule has 34 heavy (non-hydrogen) atoms. The van der Waals surface area contributed by atoms with E-state index in [2.05, 4.69) is 0 Å². The monoisotopic (exact) mass is 515 g/mol. The van der Waals surface area contributed by atoms with E-state index in [1.807, 2.05) is 6.92 Å². The van der Waals surface area contributed by atoms with E-state index >= 15 is 0 Å². The summed E-state index contributed by atoms with van der Waals surface area (Å²) >= 11 is 1.03. The molecule has 0 unspecified atom stereocenters. The van der Waals surface area contributed by atoms with Crippen LogP contribution in [0.1, 0.15) is 11.1 Å². The van der Waals surface area contributed by atoms with E-state index in [0.717, 1.165) is 22.5 Å². The number of methoxy groups -OCH3 is 2. The lowest BCUT2D eigenvalue weighted by atomic mass is 10.2. The molecule has 0 aliphatic rings. The Kier molecular flexibility index (Phi) is 10.7. The summed E-state index contributed by atoms with van der Waals surface area (Å²) in [5, 5.41) is 9.36. The summed E-state index contributed by atoms with van der Waals surface area (Å²) in [7, 11) is -0.625. The smallest absolute Gasteiger partial charge is 0.180 e. The molecule has 0 bridgehead atoms. The van der Waals surface area contributed by atoms with Crippen molar-refractivity contribution in [2.45, 2.75) is 23.6 Å². The SMILES string of the molecule is COc1cc(SOOCCN(CCO)CCS(=O)(=O)c2cc(OC)c(N)cc2C)c(C)cc1N. The van der Waals surface area contributed by atoms with E-state index in [-0.39, 0.29) is 30.4 Å². The van der Waals surface area contributed by atoms with Gasteiger partial charge in [0.2, 0.25) is 0 Å². The van der Waals surface area contributed by atoms with Crippen molar-refractivity contribution in [1.29, 1.82) is 0 Å². The number of rotatable bonds is 14. The third kappa shape index (κ3) is 7.65. The molecule has 0 amide bonds. The third-order valence-corrected chi connectivity index (χ3v) is 7.76. The Labute approximate surface area is 205 Å². The van der Waals surface area contributed by atoms with E-state index in [0.29, 0.717) is 41.5 Å². The van der Waals surface area contributed by atoms with E-state index < -0.39 is 9.84 Å². The maximum atomic E-state index is 12.9. The van der Waals surface area contributed by atoms with Crippen LogP contribution in [0.2, 0.25) is 0 Å². The Morgan fingerprint density at radius 2 is 1.56 bits per heavy atom. The van der Waals surface area contributed by atoms with Gasteiger partial charge >= 0.3 is 0 Å². The first-order valence-corrected chi connectivity index (χ1v) is 12.9. The number of nitrogens with two attached hydrogens (primary N) is 2.